The Labute approximate surface area is 179 Å². The van der Waals surface area contributed by atoms with Crippen molar-refractivity contribution in [1.29, 1.82) is 0 Å². The second kappa shape index (κ2) is 10.8. The van der Waals surface area contributed by atoms with Gasteiger partial charge in [-0.15, -0.1) is 12.4 Å². The number of nitrogens with one attached hydrogen (secondary N) is 1. The summed E-state index contributed by atoms with van der Waals surface area (Å²) >= 11 is 6.06. The molecule has 1 unspecified atom stereocenters. The van der Waals surface area contributed by atoms with Crippen molar-refractivity contribution in [1.82, 2.24) is 10.2 Å². The smallest absolute Gasteiger partial charge is 0.230 e. The predicted octanol–water partition coefficient (Wildman–Crippen LogP) is 3.28. The van der Waals surface area contributed by atoms with Crippen molar-refractivity contribution in [2.45, 2.75) is 38.1 Å². The van der Waals surface area contributed by atoms with E-state index in [1.807, 2.05) is 24.3 Å². The molecular weight excluding hydrogens is 399 g/mol. The van der Waals surface area contributed by atoms with Crippen LogP contribution < -0.4 is 5.32 Å². The molecule has 1 aromatic carbocycles. The molecule has 0 spiro atoms. The molecule has 0 aromatic heterocycles. The first-order valence-electron chi connectivity index (χ1n) is 9.97. The molecule has 0 saturated carbocycles. The molecule has 7 heteroatoms. The van der Waals surface area contributed by atoms with E-state index in [1.54, 1.807) is 0 Å². The summed E-state index contributed by atoms with van der Waals surface area (Å²) in [4.78, 5) is 15.8. The predicted molar refractivity (Wildman–Crippen MR) is 114 cm³/mol. The number of amides is 1. The number of halogens is 2. The highest BCUT2D eigenvalue weighted by atomic mass is 35.5. The van der Waals surface area contributed by atoms with Gasteiger partial charge < -0.3 is 14.8 Å². The highest BCUT2D eigenvalue weighted by Gasteiger charge is 2.42. The zero-order valence-corrected chi connectivity index (χ0v) is 18.4. The first-order valence-corrected chi connectivity index (χ1v) is 10.3. The number of carbonyl (C=O) groups excluding carboxylic acids is 1. The molecule has 1 atom stereocenters. The minimum Gasteiger partial charge on any atom is -0.381 e. The summed E-state index contributed by atoms with van der Waals surface area (Å²) in [6.45, 7) is 9.69. The lowest BCUT2D eigenvalue weighted by Gasteiger charge is -2.39. The van der Waals surface area contributed by atoms with E-state index in [2.05, 4.69) is 24.1 Å². The zero-order chi connectivity index (χ0) is 19.3. The van der Waals surface area contributed by atoms with Crippen molar-refractivity contribution < 1.29 is 14.3 Å². The van der Waals surface area contributed by atoms with Crippen LogP contribution in [0.3, 0.4) is 0 Å². The normalized spacial score (nSPS) is 21.0. The summed E-state index contributed by atoms with van der Waals surface area (Å²) in [5, 5.41) is 3.96. The summed E-state index contributed by atoms with van der Waals surface area (Å²) in [5.74, 6) is 0.566. The fraction of sp³-hybridized carbons (Fsp3) is 0.667. The quantitative estimate of drug-likeness (QED) is 0.751. The monoisotopic (exact) mass is 430 g/mol. The molecule has 0 aliphatic carbocycles. The highest BCUT2D eigenvalue weighted by molar-refractivity contribution is 6.30. The largest absolute Gasteiger partial charge is 0.381 e. The maximum atomic E-state index is 13.4. The number of nitrogens with zero attached hydrogens (tertiary/aromatic N) is 1. The van der Waals surface area contributed by atoms with Crippen LogP contribution in [0.5, 0.6) is 0 Å². The van der Waals surface area contributed by atoms with Gasteiger partial charge in [0.15, 0.2) is 0 Å². The Kier molecular flexibility index (Phi) is 9.03. The minimum absolute atomic E-state index is 0. The van der Waals surface area contributed by atoms with Gasteiger partial charge in [0.1, 0.15) is 0 Å². The Bertz CT molecular complexity index is 613. The van der Waals surface area contributed by atoms with E-state index >= 15 is 0 Å². The fourth-order valence-corrected chi connectivity index (χ4v) is 4.32. The molecule has 28 heavy (non-hydrogen) atoms. The minimum atomic E-state index is -0.532. The molecule has 2 aliphatic heterocycles. The summed E-state index contributed by atoms with van der Waals surface area (Å²) < 4.78 is 11.0. The van der Waals surface area contributed by atoms with Crippen LogP contribution in [-0.2, 0) is 19.7 Å². The van der Waals surface area contributed by atoms with E-state index in [0.717, 1.165) is 31.9 Å². The lowest BCUT2D eigenvalue weighted by molar-refractivity contribution is -0.131. The molecule has 2 heterocycles. The SMILES string of the molecule is CC(C)C(CNC(=O)C1(c2ccc(Cl)cc2)CCOCC1)N1CCOCC1.Cl. The maximum Gasteiger partial charge on any atom is 0.230 e. The standard InChI is InChI=1S/C21H31ClN2O3.ClH/c1-16(2)19(24-9-13-27-14-10-24)15-23-20(25)21(7-11-26-12-8-21)17-3-5-18(22)6-4-17;/h3-6,16,19H,7-15H2,1-2H3,(H,23,25);1H. The van der Waals surface area contributed by atoms with Gasteiger partial charge in [-0.3, -0.25) is 9.69 Å². The number of hydrogen-bond donors (Lipinski definition) is 1. The molecule has 0 bridgehead atoms. The number of benzene rings is 1. The Balaban J connectivity index is 0.00000280. The number of ether oxygens (including phenoxy) is 2. The third kappa shape index (κ3) is 5.39. The van der Waals surface area contributed by atoms with Gasteiger partial charge >= 0.3 is 0 Å². The van der Waals surface area contributed by atoms with E-state index in [9.17, 15) is 4.79 Å². The van der Waals surface area contributed by atoms with Crippen molar-refractivity contribution in [3.8, 4) is 0 Å². The van der Waals surface area contributed by atoms with Crippen LogP contribution in [0.1, 0.15) is 32.3 Å². The number of morpholine rings is 1. The van der Waals surface area contributed by atoms with Gasteiger partial charge in [-0.1, -0.05) is 37.6 Å². The third-order valence-electron chi connectivity index (χ3n) is 5.93. The van der Waals surface area contributed by atoms with Gasteiger partial charge in [0, 0.05) is 43.9 Å². The first-order chi connectivity index (χ1) is 13.0. The molecule has 2 aliphatic rings. The van der Waals surface area contributed by atoms with E-state index in [4.69, 9.17) is 21.1 Å². The molecule has 2 fully saturated rings. The van der Waals surface area contributed by atoms with Crippen LogP contribution in [0.4, 0.5) is 0 Å². The lowest BCUT2D eigenvalue weighted by Crippen LogP contribution is -2.54. The number of rotatable bonds is 6. The van der Waals surface area contributed by atoms with Crippen LogP contribution in [-0.4, -0.2) is 62.9 Å². The molecule has 5 nitrogen and oxygen atoms in total. The molecule has 1 amide bonds. The second-order valence-corrected chi connectivity index (χ2v) is 8.31. The average molecular weight is 431 g/mol. The zero-order valence-electron chi connectivity index (χ0n) is 16.8. The van der Waals surface area contributed by atoms with Crippen LogP contribution in [0.15, 0.2) is 24.3 Å². The van der Waals surface area contributed by atoms with Gasteiger partial charge in [0.25, 0.3) is 0 Å². The molecule has 158 valence electrons. The summed E-state index contributed by atoms with van der Waals surface area (Å²) in [6, 6.07) is 8.02. The van der Waals surface area contributed by atoms with E-state index in [-0.39, 0.29) is 18.3 Å². The number of hydrogen-bond acceptors (Lipinski definition) is 4. The molecule has 2 saturated heterocycles. The van der Waals surface area contributed by atoms with E-state index in [1.165, 1.54) is 0 Å². The van der Waals surface area contributed by atoms with E-state index < -0.39 is 5.41 Å². The Hall–Kier alpha value is -0.850. The average Bonchev–Trinajstić information content (AvgIpc) is 2.69. The van der Waals surface area contributed by atoms with Crippen molar-refractivity contribution in [3.63, 3.8) is 0 Å². The first kappa shape index (κ1) is 23.4. The summed E-state index contributed by atoms with van der Waals surface area (Å²) in [6.07, 6.45) is 1.40. The van der Waals surface area contributed by atoms with Crippen LogP contribution in [0.2, 0.25) is 5.02 Å². The van der Waals surface area contributed by atoms with Gasteiger partial charge in [0.2, 0.25) is 5.91 Å². The molecular formula is C21H32Cl2N2O3. The Morgan fingerprint density at radius 3 is 2.25 bits per heavy atom. The van der Waals surface area contributed by atoms with Gasteiger partial charge in [-0.25, -0.2) is 0 Å². The number of carbonyl (C=O) groups is 1. The van der Waals surface area contributed by atoms with Crippen molar-refractivity contribution in [2.75, 3.05) is 46.1 Å². The summed E-state index contributed by atoms with van der Waals surface area (Å²) in [5.41, 5.74) is 0.496. The van der Waals surface area contributed by atoms with Gasteiger partial charge in [0.05, 0.1) is 18.6 Å². The maximum absolute atomic E-state index is 13.4. The fourth-order valence-electron chi connectivity index (χ4n) is 4.20. The molecule has 0 radical (unpaired) electrons. The van der Waals surface area contributed by atoms with Crippen molar-refractivity contribution in [3.05, 3.63) is 34.9 Å². The second-order valence-electron chi connectivity index (χ2n) is 7.87. The lowest BCUT2D eigenvalue weighted by atomic mass is 9.73. The molecule has 1 N–H and O–H groups in total. The van der Waals surface area contributed by atoms with Crippen LogP contribution in [0.25, 0.3) is 0 Å². The van der Waals surface area contributed by atoms with E-state index in [0.29, 0.717) is 49.6 Å². The Morgan fingerprint density at radius 2 is 1.68 bits per heavy atom. The van der Waals surface area contributed by atoms with Crippen molar-refractivity contribution >= 4 is 29.9 Å². The van der Waals surface area contributed by atoms with Gasteiger partial charge in [-0.2, -0.15) is 0 Å². The Morgan fingerprint density at radius 1 is 1.11 bits per heavy atom. The van der Waals surface area contributed by atoms with Crippen LogP contribution in [0, 0.1) is 5.92 Å². The highest BCUT2D eigenvalue weighted by Crippen LogP contribution is 2.35. The topological polar surface area (TPSA) is 50.8 Å². The molecule has 1 aromatic rings. The third-order valence-corrected chi connectivity index (χ3v) is 6.19. The van der Waals surface area contributed by atoms with Crippen molar-refractivity contribution in [2.24, 2.45) is 5.92 Å². The summed E-state index contributed by atoms with van der Waals surface area (Å²) in [7, 11) is 0. The van der Waals surface area contributed by atoms with Crippen LogP contribution >= 0.6 is 24.0 Å². The molecule has 3 rings (SSSR count). The van der Waals surface area contributed by atoms with Gasteiger partial charge in [-0.05, 0) is 36.5 Å².